The van der Waals surface area contributed by atoms with Crippen molar-refractivity contribution in [2.24, 2.45) is 0 Å². The number of amides is 1. The van der Waals surface area contributed by atoms with Gasteiger partial charge in [-0.15, -0.1) is 6.58 Å². The number of nitrogens with zero attached hydrogens (tertiary/aromatic N) is 2. The Hall–Kier alpha value is -2.42. The molecule has 0 saturated heterocycles. The van der Waals surface area contributed by atoms with E-state index in [2.05, 4.69) is 6.58 Å². The number of halogens is 2. The molecule has 0 spiro atoms. The second-order valence-corrected chi connectivity index (χ2v) is 8.63. The topological polar surface area (TPSA) is 66.9 Å². The molecule has 0 N–H and O–H groups in total. The van der Waals surface area contributed by atoms with Gasteiger partial charge in [0, 0.05) is 25.2 Å². The molecule has 0 atom stereocenters. The predicted octanol–water partition coefficient (Wildman–Crippen LogP) is 3.32. The van der Waals surface area contributed by atoms with Crippen LogP contribution in [-0.2, 0) is 21.4 Å². The predicted molar refractivity (Wildman–Crippen MR) is 110 cm³/mol. The van der Waals surface area contributed by atoms with Crippen LogP contribution in [0.15, 0.2) is 60.0 Å². The molecule has 2 rings (SSSR count). The van der Waals surface area contributed by atoms with Crippen LogP contribution in [0.5, 0.6) is 5.75 Å². The molecule has 0 aliphatic heterocycles. The standard InChI is InChI=1S/C20H22ClFN2O4S/c1-4-11-24(29(26,27)17-8-6-16(21)7-9-17)14-20(25)23(2)13-15-5-10-19(28-3)18(22)12-15/h4-10,12H,1,11,13-14H2,2-3H3. The molecule has 2 aromatic rings. The van der Waals surface area contributed by atoms with Crippen LogP contribution in [0.2, 0.25) is 5.02 Å². The van der Waals surface area contributed by atoms with Crippen molar-refractivity contribution in [3.63, 3.8) is 0 Å². The third-order valence-corrected chi connectivity index (χ3v) is 6.24. The Morgan fingerprint density at radius 1 is 1.24 bits per heavy atom. The van der Waals surface area contributed by atoms with Crippen LogP contribution < -0.4 is 4.74 Å². The zero-order valence-corrected chi connectivity index (χ0v) is 17.7. The minimum atomic E-state index is -3.92. The SMILES string of the molecule is C=CCN(CC(=O)N(C)Cc1ccc(OC)c(F)c1)S(=O)(=O)c1ccc(Cl)cc1. The Bertz CT molecular complexity index is 980. The first kappa shape index (κ1) is 22.9. The molecule has 0 aliphatic rings. The highest BCUT2D eigenvalue weighted by Crippen LogP contribution is 2.20. The number of benzene rings is 2. The Kier molecular flexibility index (Phi) is 7.78. The fraction of sp³-hybridized carbons (Fsp3) is 0.250. The van der Waals surface area contributed by atoms with E-state index in [1.54, 1.807) is 6.07 Å². The number of sulfonamides is 1. The van der Waals surface area contributed by atoms with Crippen molar-refractivity contribution in [3.05, 3.63) is 71.5 Å². The van der Waals surface area contributed by atoms with Crippen LogP contribution in [0.3, 0.4) is 0 Å². The van der Waals surface area contributed by atoms with Gasteiger partial charge in [-0.25, -0.2) is 12.8 Å². The number of methoxy groups -OCH3 is 1. The zero-order chi connectivity index (χ0) is 21.6. The first-order valence-electron chi connectivity index (χ1n) is 8.62. The lowest BCUT2D eigenvalue weighted by Gasteiger charge is -2.24. The molecule has 6 nitrogen and oxygen atoms in total. The van der Waals surface area contributed by atoms with Crippen molar-refractivity contribution in [2.75, 3.05) is 27.2 Å². The highest BCUT2D eigenvalue weighted by atomic mass is 35.5. The van der Waals surface area contributed by atoms with E-state index in [9.17, 15) is 17.6 Å². The third-order valence-electron chi connectivity index (χ3n) is 4.16. The minimum Gasteiger partial charge on any atom is -0.494 e. The number of likely N-dealkylation sites (N-methyl/N-ethyl adjacent to an activating group) is 1. The van der Waals surface area contributed by atoms with E-state index in [-0.39, 0.29) is 30.3 Å². The van der Waals surface area contributed by atoms with Crippen LogP contribution in [0.4, 0.5) is 4.39 Å². The molecule has 1 amide bonds. The highest BCUT2D eigenvalue weighted by molar-refractivity contribution is 7.89. The molecule has 0 aliphatic carbocycles. The van der Waals surface area contributed by atoms with Crippen molar-refractivity contribution >= 4 is 27.5 Å². The summed E-state index contributed by atoms with van der Waals surface area (Å²) < 4.78 is 45.5. The Balaban J connectivity index is 2.14. The molecule has 0 bridgehead atoms. The number of ether oxygens (including phenoxy) is 1. The molecule has 0 heterocycles. The lowest BCUT2D eigenvalue weighted by atomic mass is 10.2. The molecule has 0 fully saturated rings. The van der Waals surface area contributed by atoms with Gasteiger partial charge in [0.2, 0.25) is 15.9 Å². The maximum atomic E-state index is 13.8. The van der Waals surface area contributed by atoms with Gasteiger partial charge in [-0.3, -0.25) is 4.79 Å². The van der Waals surface area contributed by atoms with Gasteiger partial charge in [-0.05, 0) is 42.0 Å². The van der Waals surface area contributed by atoms with Crippen LogP contribution in [0.25, 0.3) is 0 Å². The minimum absolute atomic E-state index is 0.0245. The smallest absolute Gasteiger partial charge is 0.243 e. The first-order valence-corrected chi connectivity index (χ1v) is 10.4. The summed E-state index contributed by atoms with van der Waals surface area (Å²) in [6.45, 7) is 3.25. The van der Waals surface area contributed by atoms with Crippen molar-refractivity contribution < 1.29 is 22.3 Å². The molecule has 156 valence electrons. The second-order valence-electron chi connectivity index (χ2n) is 6.26. The number of carbonyl (C=O) groups excluding carboxylic acids is 1. The normalized spacial score (nSPS) is 11.3. The van der Waals surface area contributed by atoms with Gasteiger partial charge < -0.3 is 9.64 Å². The fourth-order valence-electron chi connectivity index (χ4n) is 2.59. The maximum absolute atomic E-state index is 13.8. The number of hydrogen-bond acceptors (Lipinski definition) is 4. The van der Waals surface area contributed by atoms with E-state index in [1.165, 1.54) is 61.5 Å². The highest BCUT2D eigenvalue weighted by Gasteiger charge is 2.27. The zero-order valence-electron chi connectivity index (χ0n) is 16.1. The third kappa shape index (κ3) is 5.79. The quantitative estimate of drug-likeness (QED) is 0.561. The van der Waals surface area contributed by atoms with Gasteiger partial charge in [0.1, 0.15) is 0 Å². The molecular weight excluding hydrogens is 419 g/mol. The molecule has 0 saturated carbocycles. The average molecular weight is 441 g/mol. The number of carbonyl (C=O) groups is 1. The van der Waals surface area contributed by atoms with Gasteiger partial charge in [0.15, 0.2) is 11.6 Å². The largest absolute Gasteiger partial charge is 0.494 e. The monoisotopic (exact) mass is 440 g/mol. The van der Waals surface area contributed by atoms with Crippen molar-refractivity contribution in [1.29, 1.82) is 0 Å². The average Bonchev–Trinajstić information content (AvgIpc) is 2.68. The van der Waals surface area contributed by atoms with Gasteiger partial charge in [0.05, 0.1) is 18.6 Å². The van der Waals surface area contributed by atoms with Crippen LogP contribution in [0.1, 0.15) is 5.56 Å². The first-order chi connectivity index (χ1) is 13.7. The van der Waals surface area contributed by atoms with Crippen LogP contribution >= 0.6 is 11.6 Å². The van der Waals surface area contributed by atoms with Gasteiger partial charge >= 0.3 is 0 Å². The molecule has 29 heavy (non-hydrogen) atoms. The molecule has 2 aromatic carbocycles. The van der Waals surface area contributed by atoms with Crippen molar-refractivity contribution in [1.82, 2.24) is 9.21 Å². The molecule has 0 radical (unpaired) electrons. The summed E-state index contributed by atoms with van der Waals surface area (Å²) in [5.41, 5.74) is 0.551. The van der Waals surface area contributed by atoms with Crippen LogP contribution in [0, 0.1) is 5.82 Å². The lowest BCUT2D eigenvalue weighted by molar-refractivity contribution is -0.130. The van der Waals surface area contributed by atoms with Gasteiger partial charge in [0.25, 0.3) is 0 Å². The van der Waals surface area contributed by atoms with Gasteiger partial charge in [-0.2, -0.15) is 4.31 Å². The van der Waals surface area contributed by atoms with Crippen LogP contribution in [-0.4, -0.2) is 50.8 Å². The maximum Gasteiger partial charge on any atom is 0.243 e. The summed E-state index contributed by atoms with van der Waals surface area (Å²) >= 11 is 5.82. The summed E-state index contributed by atoms with van der Waals surface area (Å²) in [7, 11) is -1.03. The van der Waals surface area contributed by atoms with E-state index in [4.69, 9.17) is 16.3 Å². The summed E-state index contributed by atoms with van der Waals surface area (Å²) in [4.78, 5) is 14.0. The number of rotatable bonds is 9. The fourth-order valence-corrected chi connectivity index (χ4v) is 4.08. The van der Waals surface area contributed by atoms with E-state index < -0.39 is 21.7 Å². The van der Waals surface area contributed by atoms with E-state index in [0.29, 0.717) is 10.6 Å². The Morgan fingerprint density at radius 2 is 1.90 bits per heavy atom. The number of hydrogen-bond donors (Lipinski definition) is 0. The van der Waals surface area contributed by atoms with Crippen molar-refractivity contribution in [3.8, 4) is 5.75 Å². The lowest BCUT2D eigenvalue weighted by Crippen LogP contribution is -2.41. The summed E-state index contributed by atoms with van der Waals surface area (Å²) in [5.74, 6) is -0.876. The molecule has 0 unspecified atom stereocenters. The summed E-state index contributed by atoms with van der Waals surface area (Å²) in [5, 5.41) is 0.404. The molecule has 0 aromatic heterocycles. The van der Waals surface area contributed by atoms with E-state index in [0.717, 1.165) is 4.31 Å². The van der Waals surface area contributed by atoms with Crippen molar-refractivity contribution in [2.45, 2.75) is 11.4 Å². The molecular formula is C20H22ClFN2O4S. The van der Waals surface area contributed by atoms with Gasteiger partial charge in [-0.1, -0.05) is 23.7 Å². The Morgan fingerprint density at radius 3 is 2.45 bits per heavy atom. The van der Waals surface area contributed by atoms with E-state index in [1.807, 2.05) is 0 Å². The summed E-state index contributed by atoms with van der Waals surface area (Å²) in [6, 6.07) is 10.1. The molecule has 9 heteroatoms. The second kappa shape index (κ2) is 9.87. The van der Waals surface area contributed by atoms with E-state index >= 15 is 0 Å². The Labute approximate surface area is 175 Å². The summed E-state index contributed by atoms with van der Waals surface area (Å²) in [6.07, 6.45) is 1.40.